The van der Waals surface area contributed by atoms with E-state index in [2.05, 4.69) is 4.90 Å². The largest absolute Gasteiger partial charge is 0.416 e. The number of aryl methyl sites for hydroxylation is 1. The Bertz CT molecular complexity index is 1330. The molecule has 2 aromatic carbocycles. The molecular formula is C31H36F7N3O2. The summed E-state index contributed by atoms with van der Waals surface area (Å²) < 4.78 is 95.6. The van der Waals surface area contributed by atoms with E-state index in [-0.39, 0.29) is 23.9 Å². The molecule has 0 aliphatic carbocycles. The molecule has 2 amide bonds. The van der Waals surface area contributed by atoms with E-state index in [1.54, 1.807) is 24.8 Å². The molecule has 236 valence electrons. The Balaban J connectivity index is 1.66. The molecule has 43 heavy (non-hydrogen) atoms. The van der Waals surface area contributed by atoms with E-state index >= 15 is 0 Å². The summed E-state index contributed by atoms with van der Waals surface area (Å²) in [6.07, 6.45) is -9.21. The number of nitrogens with zero attached hydrogens (tertiary/aromatic N) is 3. The standard InChI is InChI=1S/C31H36F7N3O2/c1-6-27(42)41-15-23(16-41)40-10-9-26(25(17-40)24-8-7-22(32)11-18(24)2)39(5)28(43)29(3,4)19-12-20(30(33,34)35)14-21(13-19)31(36,37)38/h7-8,11-14,23,25-26H,6,9-10,15-17H2,1-5H3/t25-,26+/m1/s1. The van der Waals surface area contributed by atoms with Crippen LogP contribution in [0.25, 0.3) is 0 Å². The van der Waals surface area contributed by atoms with Crippen molar-refractivity contribution in [3.8, 4) is 0 Å². The number of alkyl halides is 6. The van der Waals surface area contributed by atoms with Gasteiger partial charge in [-0.25, -0.2) is 4.39 Å². The number of amides is 2. The lowest BCUT2D eigenvalue weighted by Crippen LogP contribution is -2.64. The lowest BCUT2D eigenvalue weighted by molar-refractivity contribution is -0.144. The molecule has 0 bridgehead atoms. The molecule has 0 saturated carbocycles. The van der Waals surface area contributed by atoms with Gasteiger partial charge in [-0.1, -0.05) is 13.0 Å². The molecule has 2 aliphatic heterocycles. The fourth-order valence-electron chi connectivity index (χ4n) is 6.27. The van der Waals surface area contributed by atoms with Crippen LogP contribution < -0.4 is 0 Å². The zero-order valence-corrected chi connectivity index (χ0v) is 24.7. The van der Waals surface area contributed by atoms with Gasteiger partial charge in [0.1, 0.15) is 5.82 Å². The van der Waals surface area contributed by atoms with Crippen molar-refractivity contribution in [3.63, 3.8) is 0 Å². The van der Waals surface area contributed by atoms with Crippen molar-refractivity contribution in [3.05, 3.63) is 70.0 Å². The van der Waals surface area contributed by atoms with Crippen LogP contribution in [0.2, 0.25) is 0 Å². The minimum atomic E-state index is -5.04. The summed E-state index contributed by atoms with van der Waals surface area (Å²) >= 11 is 0. The predicted molar refractivity (Wildman–Crippen MR) is 147 cm³/mol. The van der Waals surface area contributed by atoms with Gasteiger partial charge in [-0.3, -0.25) is 14.5 Å². The number of hydrogen-bond donors (Lipinski definition) is 0. The fraction of sp³-hybridized carbons (Fsp3) is 0.548. The van der Waals surface area contributed by atoms with Gasteiger partial charge in [0.25, 0.3) is 0 Å². The Labute approximate surface area is 246 Å². The van der Waals surface area contributed by atoms with Crippen LogP contribution in [-0.2, 0) is 27.4 Å². The molecule has 5 nitrogen and oxygen atoms in total. The van der Waals surface area contributed by atoms with Gasteiger partial charge >= 0.3 is 12.4 Å². The first kappa shape index (κ1) is 32.8. The highest BCUT2D eigenvalue weighted by Crippen LogP contribution is 2.41. The summed E-state index contributed by atoms with van der Waals surface area (Å²) in [5, 5.41) is 0. The van der Waals surface area contributed by atoms with Gasteiger partial charge in [0, 0.05) is 57.6 Å². The van der Waals surface area contributed by atoms with E-state index in [0.717, 1.165) is 5.56 Å². The summed E-state index contributed by atoms with van der Waals surface area (Å²) in [6.45, 7) is 8.40. The third-order valence-electron chi connectivity index (χ3n) is 8.93. The first-order valence-corrected chi connectivity index (χ1v) is 14.2. The van der Waals surface area contributed by atoms with Gasteiger partial charge in [0.2, 0.25) is 11.8 Å². The van der Waals surface area contributed by atoms with Crippen molar-refractivity contribution in [1.82, 2.24) is 14.7 Å². The number of carbonyl (C=O) groups is 2. The first-order valence-electron chi connectivity index (χ1n) is 14.2. The van der Waals surface area contributed by atoms with Crippen molar-refractivity contribution >= 4 is 11.8 Å². The Morgan fingerprint density at radius 2 is 1.47 bits per heavy atom. The highest BCUT2D eigenvalue weighted by atomic mass is 19.4. The normalized spacial score (nSPS) is 20.6. The Morgan fingerprint density at radius 1 is 0.907 bits per heavy atom. The lowest BCUT2D eigenvalue weighted by Gasteiger charge is -2.51. The molecular weight excluding hydrogens is 579 g/mol. The summed E-state index contributed by atoms with van der Waals surface area (Å²) in [6, 6.07) is 5.28. The average Bonchev–Trinajstić information content (AvgIpc) is 2.90. The van der Waals surface area contributed by atoms with Crippen LogP contribution in [0.4, 0.5) is 30.7 Å². The molecule has 2 aromatic rings. The van der Waals surface area contributed by atoms with Crippen LogP contribution in [0, 0.1) is 12.7 Å². The summed E-state index contributed by atoms with van der Waals surface area (Å²) in [7, 11) is 1.51. The minimum Gasteiger partial charge on any atom is -0.341 e. The summed E-state index contributed by atoms with van der Waals surface area (Å²) in [5.41, 5.74) is -3.62. The quantitative estimate of drug-likeness (QED) is 0.354. The van der Waals surface area contributed by atoms with E-state index in [1.807, 2.05) is 0 Å². The van der Waals surface area contributed by atoms with Crippen molar-refractivity contribution in [1.29, 1.82) is 0 Å². The van der Waals surface area contributed by atoms with E-state index in [0.29, 0.717) is 56.7 Å². The molecule has 2 saturated heterocycles. The van der Waals surface area contributed by atoms with E-state index in [4.69, 9.17) is 0 Å². The number of piperidine rings is 1. The average molecular weight is 616 g/mol. The number of rotatable bonds is 6. The second kappa shape index (κ2) is 11.7. The second-order valence-electron chi connectivity index (χ2n) is 12.1. The third kappa shape index (κ3) is 6.68. The third-order valence-corrected chi connectivity index (χ3v) is 8.93. The number of halogens is 7. The molecule has 0 aromatic heterocycles. The number of carbonyl (C=O) groups excluding carboxylic acids is 2. The van der Waals surface area contributed by atoms with Crippen molar-refractivity contribution in [2.75, 3.05) is 33.2 Å². The van der Waals surface area contributed by atoms with Gasteiger partial charge in [0.15, 0.2) is 0 Å². The molecule has 2 aliphatic rings. The van der Waals surface area contributed by atoms with Crippen molar-refractivity contribution < 1.29 is 40.3 Å². The van der Waals surface area contributed by atoms with Crippen molar-refractivity contribution in [2.45, 2.75) is 76.3 Å². The van der Waals surface area contributed by atoms with Gasteiger partial charge in [-0.15, -0.1) is 0 Å². The number of likely N-dealkylation sites (tertiary alicyclic amines) is 2. The van der Waals surface area contributed by atoms with Crippen LogP contribution >= 0.6 is 0 Å². The molecule has 0 spiro atoms. The van der Waals surface area contributed by atoms with Crippen LogP contribution in [0.15, 0.2) is 36.4 Å². The van der Waals surface area contributed by atoms with Crippen LogP contribution in [0.3, 0.4) is 0 Å². The van der Waals surface area contributed by atoms with E-state index in [9.17, 15) is 40.3 Å². The van der Waals surface area contributed by atoms with Crippen LogP contribution in [0.5, 0.6) is 0 Å². The zero-order valence-electron chi connectivity index (χ0n) is 24.7. The van der Waals surface area contributed by atoms with E-state index < -0.39 is 52.2 Å². The smallest absolute Gasteiger partial charge is 0.341 e. The Morgan fingerprint density at radius 3 is 1.98 bits per heavy atom. The molecule has 2 atom stereocenters. The molecule has 4 rings (SSSR count). The number of likely N-dealkylation sites (N-methyl/N-ethyl adjacent to an activating group) is 1. The summed E-state index contributed by atoms with van der Waals surface area (Å²) in [5.74, 6) is -1.31. The van der Waals surface area contributed by atoms with Crippen LogP contribution in [-0.4, -0.2) is 71.8 Å². The molecule has 0 N–H and O–H groups in total. The first-order chi connectivity index (χ1) is 19.8. The zero-order chi connectivity index (χ0) is 32.1. The van der Waals surface area contributed by atoms with Crippen LogP contribution in [0.1, 0.15) is 67.3 Å². The molecule has 0 unspecified atom stereocenters. The maximum atomic E-state index is 14.0. The lowest BCUT2D eigenvalue weighted by atomic mass is 9.78. The number of hydrogen-bond acceptors (Lipinski definition) is 3. The van der Waals surface area contributed by atoms with Crippen molar-refractivity contribution in [2.24, 2.45) is 0 Å². The summed E-state index contributed by atoms with van der Waals surface area (Å²) in [4.78, 5) is 31.5. The van der Waals surface area contributed by atoms with E-state index in [1.165, 1.54) is 37.9 Å². The Kier molecular flexibility index (Phi) is 8.94. The fourth-order valence-corrected chi connectivity index (χ4v) is 6.27. The van der Waals surface area contributed by atoms with Gasteiger partial charge in [0.05, 0.1) is 16.5 Å². The monoisotopic (exact) mass is 615 g/mol. The SMILES string of the molecule is CCC(=O)N1CC(N2CC[C@H](N(C)C(=O)C(C)(C)c3cc(C(F)(F)F)cc(C(F)(F)F)c3)[C@@H](c3ccc(F)cc3C)C2)C1. The predicted octanol–water partition coefficient (Wildman–Crippen LogP) is 6.39. The van der Waals surface area contributed by atoms with Gasteiger partial charge in [-0.2, -0.15) is 26.3 Å². The second-order valence-corrected chi connectivity index (χ2v) is 12.1. The highest BCUT2D eigenvalue weighted by Gasteiger charge is 2.45. The highest BCUT2D eigenvalue weighted by molar-refractivity contribution is 5.87. The molecule has 2 fully saturated rings. The number of benzene rings is 2. The molecule has 2 heterocycles. The minimum absolute atomic E-state index is 0.0481. The van der Waals surface area contributed by atoms with Gasteiger partial charge < -0.3 is 9.80 Å². The molecule has 0 radical (unpaired) electrons. The molecule has 12 heteroatoms. The maximum Gasteiger partial charge on any atom is 0.416 e. The Hall–Kier alpha value is -3.15. The topological polar surface area (TPSA) is 43.9 Å². The maximum absolute atomic E-state index is 14.0. The van der Waals surface area contributed by atoms with Gasteiger partial charge in [-0.05, 0) is 74.2 Å².